The zero-order valence-corrected chi connectivity index (χ0v) is 17.7. The van der Waals surface area contributed by atoms with E-state index in [1.165, 1.54) is 11.4 Å². The minimum absolute atomic E-state index is 0.00833. The van der Waals surface area contributed by atoms with Crippen molar-refractivity contribution in [3.8, 4) is 0 Å². The monoisotopic (exact) mass is 400 g/mol. The van der Waals surface area contributed by atoms with E-state index < -0.39 is 10.0 Å². The molecule has 2 aromatic rings. The predicted octanol–water partition coefficient (Wildman–Crippen LogP) is 3.94. The van der Waals surface area contributed by atoms with Crippen LogP contribution in [0.3, 0.4) is 0 Å². The lowest BCUT2D eigenvalue weighted by atomic mass is 9.91. The second-order valence-electron chi connectivity index (χ2n) is 7.99. The lowest BCUT2D eigenvalue weighted by Gasteiger charge is -2.35. The maximum absolute atomic E-state index is 12.8. The number of amides is 1. The van der Waals surface area contributed by atoms with Gasteiger partial charge in [0.2, 0.25) is 0 Å². The van der Waals surface area contributed by atoms with Gasteiger partial charge in [0.1, 0.15) is 0 Å². The van der Waals surface area contributed by atoms with Crippen LogP contribution in [-0.2, 0) is 10.0 Å². The van der Waals surface area contributed by atoms with Crippen molar-refractivity contribution >= 4 is 21.6 Å². The molecule has 28 heavy (non-hydrogen) atoms. The normalized spacial score (nSPS) is 20.1. The molecule has 0 saturated carbocycles. The van der Waals surface area contributed by atoms with Crippen molar-refractivity contribution in [1.82, 2.24) is 4.90 Å². The highest BCUT2D eigenvalue weighted by atomic mass is 32.2. The first-order chi connectivity index (χ1) is 13.2. The van der Waals surface area contributed by atoms with Crippen molar-refractivity contribution in [2.75, 3.05) is 24.4 Å². The topological polar surface area (TPSA) is 57.7 Å². The molecule has 0 aromatic heterocycles. The zero-order valence-electron chi connectivity index (χ0n) is 16.9. The van der Waals surface area contributed by atoms with Gasteiger partial charge in [0, 0.05) is 25.7 Å². The molecule has 2 atom stereocenters. The standard InChI is InChI=1S/C22H28N2O3S/c1-16-5-11-21(12-6-16)28(26,27)23(4)20-9-7-19(8-10-20)22(25)24-14-17(2)13-18(3)15-24/h5-12,17-18H,13-15H2,1-4H3. The third-order valence-corrected chi connectivity index (χ3v) is 7.11. The van der Waals surface area contributed by atoms with Crippen LogP contribution in [0.1, 0.15) is 36.2 Å². The Kier molecular flexibility index (Phi) is 5.79. The average Bonchev–Trinajstić information content (AvgIpc) is 2.66. The van der Waals surface area contributed by atoms with E-state index in [4.69, 9.17) is 0 Å². The van der Waals surface area contributed by atoms with Gasteiger partial charge in [-0.05, 0) is 61.6 Å². The number of hydrogen-bond donors (Lipinski definition) is 0. The summed E-state index contributed by atoms with van der Waals surface area (Å²) in [7, 11) is -2.11. The van der Waals surface area contributed by atoms with Crippen LogP contribution in [0.25, 0.3) is 0 Å². The molecule has 1 amide bonds. The third-order valence-electron chi connectivity index (χ3n) is 5.31. The number of anilines is 1. The molecule has 1 aliphatic rings. The highest BCUT2D eigenvalue weighted by Gasteiger charge is 2.26. The molecule has 0 radical (unpaired) electrons. The molecule has 2 aromatic carbocycles. The molecule has 3 rings (SSSR count). The molecule has 1 aliphatic heterocycles. The van der Waals surface area contributed by atoms with E-state index in [-0.39, 0.29) is 10.8 Å². The summed E-state index contributed by atoms with van der Waals surface area (Å²) < 4.78 is 26.9. The van der Waals surface area contributed by atoms with E-state index in [2.05, 4.69) is 13.8 Å². The second kappa shape index (κ2) is 7.95. The lowest BCUT2D eigenvalue weighted by Crippen LogP contribution is -2.42. The maximum atomic E-state index is 12.8. The van der Waals surface area contributed by atoms with Gasteiger partial charge < -0.3 is 4.90 Å². The first-order valence-corrected chi connectivity index (χ1v) is 11.1. The van der Waals surface area contributed by atoms with Gasteiger partial charge in [0.15, 0.2) is 0 Å². The van der Waals surface area contributed by atoms with Crippen molar-refractivity contribution in [2.24, 2.45) is 11.8 Å². The van der Waals surface area contributed by atoms with Gasteiger partial charge in [-0.15, -0.1) is 0 Å². The van der Waals surface area contributed by atoms with Gasteiger partial charge in [-0.2, -0.15) is 0 Å². The molecule has 0 bridgehead atoms. The van der Waals surface area contributed by atoms with Crippen LogP contribution in [0.5, 0.6) is 0 Å². The largest absolute Gasteiger partial charge is 0.338 e. The number of piperidine rings is 1. The summed E-state index contributed by atoms with van der Waals surface area (Å²) in [4.78, 5) is 15.0. The number of aryl methyl sites for hydroxylation is 1. The smallest absolute Gasteiger partial charge is 0.264 e. The minimum Gasteiger partial charge on any atom is -0.338 e. The quantitative estimate of drug-likeness (QED) is 0.781. The number of nitrogens with zero attached hydrogens (tertiary/aromatic N) is 2. The molecular weight excluding hydrogens is 372 g/mol. The molecular formula is C22H28N2O3S. The van der Waals surface area contributed by atoms with Crippen molar-refractivity contribution in [3.05, 3.63) is 59.7 Å². The Morgan fingerprint density at radius 3 is 2.04 bits per heavy atom. The van der Waals surface area contributed by atoms with Crippen LogP contribution >= 0.6 is 0 Å². The predicted molar refractivity (Wildman–Crippen MR) is 112 cm³/mol. The van der Waals surface area contributed by atoms with E-state index in [1.54, 1.807) is 48.5 Å². The summed E-state index contributed by atoms with van der Waals surface area (Å²) in [5, 5.41) is 0. The first kappa shape index (κ1) is 20.4. The van der Waals surface area contributed by atoms with Crippen LogP contribution < -0.4 is 4.31 Å². The molecule has 6 heteroatoms. The van der Waals surface area contributed by atoms with Crippen LogP contribution in [0, 0.1) is 18.8 Å². The van der Waals surface area contributed by atoms with Gasteiger partial charge in [0.05, 0.1) is 10.6 Å². The van der Waals surface area contributed by atoms with Crippen LogP contribution in [0.4, 0.5) is 5.69 Å². The molecule has 0 spiro atoms. The van der Waals surface area contributed by atoms with E-state index in [0.29, 0.717) is 23.1 Å². The van der Waals surface area contributed by atoms with Crippen LogP contribution in [-0.4, -0.2) is 39.4 Å². The van der Waals surface area contributed by atoms with Gasteiger partial charge in [-0.3, -0.25) is 9.10 Å². The van der Waals surface area contributed by atoms with Crippen LogP contribution in [0.2, 0.25) is 0 Å². The van der Waals surface area contributed by atoms with Crippen molar-refractivity contribution < 1.29 is 13.2 Å². The SMILES string of the molecule is Cc1ccc(S(=O)(=O)N(C)c2ccc(C(=O)N3CC(C)CC(C)C3)cc2)cc1. The fraction of sp³-hybridized carbons (Fsp3) is 0.409. The molecule has 150 valence electrons. The van der Waals surface area contributed by atoms with Crippen molar-refractivity contribution in [3.63, 3.8) is 0 Å². The Morgan fingerprint density at radius 2 is 1.50 bits per heavy atom. The summed E-state index contributed by atoms with van der Waals surface area (Å²) in [5.41, 5.74) is 2.12. The summed E-state index contributed by atoms with van der Waals surface area (Å²) in [6.45, 7) is 7.80. The third kappa shape index (κ3) is 4.22. The summed E-state index contributed by atoms with van der Waals surface area (Å²) in [6, 6.07) is 13.6. The molecule has 0 N–H and O–H groups in total. The number of benzene rings is 2. The Bertz CT molecular complexity index is 927. The highest BCUT2D eigenvalue weighted by molar-refractivity contribution is 7.92. The fourth-order valence-electron chi connectivity index (χ4n) is 3.83. The Morgan fingerprint density at radius 1 is 0.964 bits per heavy atom. The molecule has 1 heterocycles. The number of sulfonamides is 1. The van der Waals surface area contributed by atoms with Crippen molar-refractivity contribution in [1.29, 1.82) is 0 Å². The Balaban J connectivity index is 1.78. The lowest BCUT2D eigenvalue weighted by molar-refractivity contribution is 0.0623. The van der Waals surface area contributed by atoms with Crippen LogP contribution in [0.15, 0.2) is 53.4 Å². The molecule has 5 nitrogen and oxygen atoms in total. The van der Waals surface area contributed by atoms with Gasteiger partial charge >= 0.3 is 0 Å². The van der Waals surface area contributed by atoms with E-state index in [1.807, 2.05) is 11.8 Å². The number of carbonyl (C=O) groups excluding carboxylic acids is 1. The van der Waals surface area contributed by atoms with Gasteiger partial charge in [-0.1, -0.05) is 31.5 Å². The molecule has 0 aliphatic carbocycles. The summed E-state index contributed by atoms with van der Waals surface area (Å²) >= 11 is 0. The van der Waals surface area contributed by atoms with Gasteiger partial charge in [0.25, 0.3) is 15.9 Å². The number of likely N-dealkylation sites (tertiary alicyclic amines) is 1. The molecule has 1 fully saturated rings. The van der Waals surface area contributed by atoms with E-state index in [0.717, 1.165) is 25.1 Å². The average molecular weight is 401 g/mol. The first-order valence-electron chi connectivity index (χ1n) is 9.63. The number of hydrogen-bond acceptors (Lipinski definition) is 3. The zero-order chi connectivity index (χ0) is 20.5. The highest BCUT2D eigenvalue weighted by Crippen LogP contribution is 2.25. The number of carbonyl (C=O) groups is 1. The molecule has 2 unspecified atom stereocenters. The Hall–Kier alpha value is -2.34. The summed E-state index contributed by atoms with van der Waals surface area (Å²) in [6.07, 6.45) is 1.14. The maximum Gasteiger partial charge on any atom is 0.264 e. The number of rotatable bonds is 4. The van der Waals surface area contributed by atoms with E-state index in [9.17, 15) is 13.2 Å². The van der Waals surface area contributed by atoms with Gasteiger partial charge in [-0.25, -0.2) is 8.42 Å². The van der Waals surface area contributed by atoms with E-state index >= 15 is 0 Å². The van der Waals surface area contributed by atoms with Crippen molar-refractivity contribution in [2.45, 2.75) is 32.1 Å². The second-order valence-corrected chi connectivity index (χ2v) is 9.96. The molecule has 1 saturated heterocycles. The Labute approximate surface area is 168 Å². The summed E-state index contributed by atoms with van der Waals surface area (Å²) in [5.74, 6) is 1.00. The fourth-order valence-corrected chi connectivity index (χ4v) is 5.03. The minimum atomic E-state index is -3.64.